The van der Waals surface area contributed by atoms with E-state index in [0.29, 0.717) is 17.7 Å². The van der Waals surface area contributed by atoms with Gasteiger partial charge in [0.05, 0.1) is 6.61 Å². The molecule has 2 atom stereocenters. The largest absolute Gasteiger partial charge is 0.508 e. The Hall–Kier alpha value is -1.06. The summed E-state index contributed by atoms with van der Waals surface area (Å²) in [6.07, 6.45) is 2.21. The predicted molar refractivity (Wildman–Crippen MR) is 63.7 cm³/mol. The molecule has 0 saturated carbocycles. The molecule has 3 heteroatoms. The number of phenolic OH excluding ortho intramolecular Hbond substituents is 1. The average molecular weight is 221 g/mol. The fraction of sp³-hybridized carbons (Fsp3) is 0.538. The summed E-state index contributed by atoms with van der Waals surface area (Å²) in [5.74, 6) is 0.896. The van der Waals surface area contributed by atoms with Gasteiger partial charge < -0.3 is 15.2 Å². The molecular formula is C13H19NO2. The lowest BCUT2D eigenvalue weighted by Gasteiger charge is -2.30. The van der Waals surface area contributed by atoms with Crippen LogP contribution >= 0.6 is 0 Å². The summed E-state index contributed by atoms with van der Waals surface area (Å²) in [6, 6.07) is 8.04. The van der Waals surface area contributed by atoms with Gasteiger partial charge in [-0.2, -0.15) is 0 Å². The van der Waals surface area contributed by atoms with Gasteiger partial charge in [-0.25, -0.2) is 0 Å². The van der Waals surface area contributed by atoms with Crippen molar-refractivity contribution in [2.75, 3.05) is 20.3 Å². The second kappa shape index (κ2) is 5.32. The van der Waals surface area contributed by atoms with Crippen LogP contribution in [-0.4, -0.2) is 31.4 Å². The monoisotopic (exact) mass is 221 g/mol. The van der Waals surface area contributed by atoms with Crippen molar-refractivity contribution in [2.24, 2.45) is 0 Å². The standard InChI is InChI=1S/C13H19NO2/c1-16-9-12-7-11(5-6-14-12)10-3-2-4-13(15)8-10/h2-4,8,11-12,14-15H,5-7,9H2,1H3. The molecule has 1 aromatic carbocycles. The molecule has 1 aliphatic heterocycles. The lowest BCUT2D eigenvalue weighted by molar-refractivity contribution is 0.149. The molecule has 3 nitrogen and oxygen atoms in total. The van der Waals surface area contributed by atoms with Gasteiger partial charge in [0.2, 0.25) is 0 Å². The first-order valence-corrected chi connectivity index (χ1v) is 5.81. The maximum Gasteiger partial charge on any atom is 0.115 e. The van der Waals surface area contributed by atoms with Gasteiger partial charge in [0.25, 0.3) is 0 Å². The molecule has 1 heterocycles. The highest BCUT2D eigenvalue weighted by atomic mass is 16.5. The van der Waals surface area contributed by atoms with Crippen molar-refractivity contribution in [3.05, 3.63) is 29.8 Å². The van der Waals surface area contributed by atoms with Crippen LogP contribution in [0.15, 0.2) is 24.3 Å². The molecule has 88 valence electrons. The minimum atomic E-state index is 0.360. The molecule has 16 heavy (non-hydrogen) atoms. The van der Waals surface area contributed by atoms with Gasteiger partial charge >= 0.3 is 0 Å². The number of piperidine rings is 1. The zero-order valence-corrected chi connectivity index (χ0v) is 9.65. The van der Waals surface area contributed by atoms with Crippen molar-refractivity contribution in [3.63, 3.8) is 0 Å². The fourth-order valence-electron chi connectivity index (χ4n) is 2.42. The molecule has 2 N–H and O–H groups in total. The molecule has 0 aromatic heterocycles. The summed E-state index contributed by atoms with van der Waals surface area (Å²) in [5, 5.41) is 12.9. The Morgan fingerprint density at radius 3 is 3.12 bits per heavy atom. The van der Waals surface area contributed by atoms with Crippen molar-refractivity contribution in [3.8, 4) is 5.75 Å². The molecular weight excluding hydrogens is 202 g/mol. The van der Waals surface area contributed by atoms with Crippen molar-refractivity contribution >= 4 is 0 Å². The number of methoxy groups -OCH3 is 1. The zero-order chi connectivity index (χ0) is 11.4. The molecule has 0 bridgehead atoms. The van der Waals surface area contributed by atoms with Crippen LogP contribution in [0.1, 0.15) is 24.3 Å². The van der Waals surface area contributed by atoms with Crippen molar-refractivity contribution in [2.45, 2.75) is 24.8 Å². The second-order valence-electron chi connectivity index (χ2n) is 4.42. The van der Waals surface area contributed by atoms with Crippen LogP contribution in [0.3, 0.4) is 0 Å². The Bertz CT molecular complexity index is 338. The minimum absolute atomic E-state index is 0.360. The number of hydrogen-bond donors (Lipinski definition) is 2. The van der Waals surface area contributed by atoms with E-state index in [1.807, 2.05) is 12.1 Å². The van der Waals surface area contributed by atoms with Crippen molar-refractivity contribution in [1.82, 2.24) is 5.32 Å². The third-order valence-corrected chi connectivity index (χ3v) is 3.20. The summed E-state index contributed by atoms with van der Waals surface area (Å²) in [4.78, 5) is 0. The number of nitrogens with one attached hydrogen (secondary N) is 1. The molecule has 1 saturated heterocycles. The Balaban J connectivity index is 2.03. The highest BCUT2D eigenvalue weighted by molar-refractivity contribution is 5.30. The van der Waals surface area contributed by atoms with Crippen LogP contribution < -0.4 is 5.32 Å². The van der Waals surface area contributed by atoms with Crippen molar-refractivity contribution in [1.29, 1.82) is 0 Å². The van der Waals surface area contributed by atoms with Crippen LogP contribution in [0.4, 0.5) is 0 Å². The van der Waals surface area contributed by atoms with Crippen LogP contribution in [0.5, 0.6) is 5.75 Å². The Morgan fingerprint density at radius 1 is 1.50 bits per heavy atom. The normalized spacial score (nSPS) is 25.6. The van der Waals surface area contributed by atoms with E-state index in [0.717, 1.165) is 26.0 Å². The maximum absolute atomic E-state index is 9.47. The second-order valence-corrected chi connectivity index (χ2v) is 4.42. The molecule has 1 aromatic rings. The van der Waals surface area contributed by atoms with E-state index in [4.69, 9.17) is 4.74 Å². The van der Waals surface area contributed by atoms with Gasteiger partial charge in [0.1, 0.15) is 5.75 Å². The van der Waals surface area contributed by atoms with Crippen LogP contribution in [0.2, 0.25) is 0 Å². The van der Waals surface area contributed by atoms with Gasteiger partial charge in [0, 0.05) is 13.2 Å². The maximum atomic E-state index is 9.47. The lowest BCUT2D eigenvalue weighted by Crippen LogP contribution is -2.40. The number of rotatable bonds is 3. The fourth-order valence-corrected chi connectivity index (χ4v) is 2.42. The van der Waals surface area contributed by atoms with Gasteiger partial charge in [-0.05, 0) is 43.0 Å². The number of aromatic hydroxyl groups is 1. The predicted octanol–water partition coefficient (Wildman–Crippen LogP) is 1.87. The Labute approximate surface area is 96.4 Å². The van der Waals surface area contributed by atoms with Gasteiger partial charge in [0.15, 0.2) is 0 Å². The van der Waals surface area contributed by atoms with Crippen LogP contribution in [0, 0.1) is 0 Å². The highest BCUT2D eigenvalue weighted by Crippen LogP contribution is 2.29. The summed E-state index contributed by atoms with van der Waals surface area (Å²) >= 11 is 0. The van der Waals surface area contributed by atoms with E-state index in [1.54, 1.807) is 13.2 Å². The topological polar surface area (TPSA) is 41.5 Å². The summed E-state index contributed by atoms with van der Waals surface area (Å²) in [7, 11) is 1.74. The Kier molecular flexibility index (Phi) is 3.80. The summed E-state index contributed by atoms with van der Waals surface area (Å²) in [5.41, 5.74) is 1.24. The quantitative estimate of drug-likeness (QED) is 0.818. The first-order valence-electron chi connectivity index (χ1n) is 5.81. The number of ether oxygens (including phenoxy) is 1. The Morgan fingerprint density at radius 2 is 2.38 bits per heavy atom. The van der Waals surface area contributed by atoms with E-state index < -0.39 is 0 Å². The van der Waals surface area contributed by atoms with E-state index in [9.17, 15) is 5.11 Å². The minimum Gasteiger partial charge on any atom is -0.508 e. The third kappa shape index (κ3) is 2.74. The average Bonchev–Trinajstić information content (AvgIpc) is 2.30. The zero-order valence-electron chi connectivity index (χ0n) is 9.65. The van der Waals surface area contributed by atoms with E-state index in [1.165, 1.54) is 5.56 Å². The molecule has 2 unspecified atom stereocenters. The summed E-state index contributed by atoms with van der Waals surface area (Å²) in [6.45, 7) is 1.78. The van der Waals surface area contributed by atoms with Crippen LogP contribution in [-0.2, 0) is 4.74 Å². The molecule has 0 radical (unpaired) electrons. The lowest BCUT2D eigenvalue weighted by atomic mass is 9.86. The van der Waals surface area contributed by atoms with Gasteiger partial charge in [-0.1, -0.05) is 12.1 Å². The van der Waals surface area contributed by atoms with E-state index >= 15 is 0 Å². The first kappa shape index (κ1) is 11.4. The van der Waals surface area contributed by atoms with E-state index in [-0.39, 0.29) is 0 Å². The third-order valence-electron chi connectivity index (χ3n) is 3.20. The van der Waals surface area contributed by atoms with Crippen LogP contribution in [0.25, 0.3) is 0 Å². The number of hydrogen-bond acceptors (Lipinski definition) is 3. The number of benzene rings is 1. The summed E-state index contributed by atoms with van der Waals surface area (Å²) < 4.78 is 5.18. The molecule has 2 rings (SSSR count). The molecule has 0 amide bonds. The van der Waals surface area contributed by atoms with Crippen molar-refractivity contribution < 1.29 is 9.84 Å². The molecule has 1 fully saturated rings. The smallest absolute Gasteiger partial charge is 0.115 e. The highest BCUT2D eigenvalue weighted by Gasteiger charge is 2.22. The van der Waals surface area contributed by atoms with Gasteiger partial charge in [-0.15, -0.1) is 0 Å². The van der Waals surface area contributed by atoms with Gasteiger partial charge in [-0.3, -0.25) is 0 Å². The molecule has 1 aliphatic rings. The number of phenols is 1. The SMILES string of the molecule is COCC1CC(c2cccc(O)c2)CCN1. The molecule has 0 spiro atoms. The molecule has 0 aliphatic carbocycles. The first-order chi connectivity index (χ1) is 7.79. The van der Waals surface area contributed by atoms with E-state index in [2.05, 4.69) is 11.4 Å².